The molecule has 6 amide bonds. The Morgan fingerprint density at radius 2 is 0.589 bits per heavy atom. The number of nitrogens with one attached hydrogen (secondary N) is 6. The first kappa shape index (κ1) is 73.8. The molecule has 0 spiro atoms. The molecule has 0 radical (unpaired) electrons. The molecule has 2 fully saturated rings. The fraction of sp³-hybridized carbons (Fsp3) is 0.636. The number of nitrogens with two attached hydrogens (primary N) is 4. The third-order valence-electron chi connectivity index (χ3n) is 16.1. The zero-order valence-corrected chi connectivity index (χ0v) is 54.5. The molecular weight excluding hydrogens is 1150 g/mol. The molecule has 14 N–H and O–H groups in total. The van der Waals surface area contributed by atoms with Gasteiger partial charge in [-0.15, -0.1) is 0 Å². The van der Waals surface area contributed by atoms with E-state index >= 15 is 0 Å². The van der Waals surface area contributed by atoms with Gasteiger partial charge in [0.1, 0.15) is 34.5 Å². The zero-order chi connectivity index (χ0) is 65.2. The van der Waals surface area contributed by atoms with E-state index in [1.807, 2.05) is 38.0 Å². The highest BCUT2D eigenvalue weighted by molar-refractivity contribution is 6.05. The fourth-order valence-electron chi connectivity index (χ4n) is 10.8. The molecule has 2 saturated carbocycles. The predicted molar refractivity (Wildman–Crippen MR) is 350 cm³/mol. The summed E-state index contributed by atoms with van der Waals surface area (Å²) in [4.78, 5) is 88.3. The third kappa shape index (κ3) is 24.7. The number of ether oxygens (including phenoxy) is 6. The highest BCUT2D eigenvalue weighted by atomic mass is 16.5. The van der Waals surface area contributed by atoms with E-state index in [4.69, 9.17) is 51.4 Å². The maximum atomic E-state index is 14.3. The first-order chi connectivity index (χ1) is 43.5. The van der Waals surface area contributed by atoms with Gasteiger partial charge in [0.05, 0.1) is 74.0 Å². The standard InChI is InChI=1S/C66H106N12O12/c1-77(2)33-31-71-61(79)51-40-53(59(89-37-17-9-13-29-69)43-57(51)87-35-15-7-11-27-67)65(83)75-47-23-19-45(20-24-47)73-63(81)49-39-50(56(86-6)42-55(49)85-5)64(82)74-46-21-25-48(26-22-46)76-66(84)54-41-52(62(80)72-32-34-78(3)4)58(88-36-16-8-12-28-68)44-60(54)90-38-18-10-14-30-70/h39-48H,7-38,67-70H2,1-6H3,(H,71,79)(H,72,80)(H,73,81)(H,74,82)(H,75,83)(H,76,84)/t45-,46?,47-,48?. The minimum Gasteiger partial charge on any atom is -0.496 e. The van der Waals surface area contributed by atoms with Gasteiger partial charge >= 0.3 is 0 Å². The SMILES string of the molecule is COc1cc(OC)c(C(=O)N[C@H]2CC[C@H](NC(=O)c3cc(C(=O)NCCN(C)C)c(OCCCCCN)cc3OCCCCCN)CC2)cc1C(=O)NC1CCC(NC(=O)c2cc(C(=O)NCCN(C)C)c(OCCCCCN)cc2OCCCCCN)CC1. The maximum absolute atomic E-state index is 14.3. The van der Waals surface area contributed by atoms with Crippen LogP contribution in [0.5, 0.6) is 34.5 Å². The summed E-state index contributed by atoms with van der Waals surface area (Å²) in [6.07, 6.45) is 14.2. The Morgan fingerprint density at radius 3 is 0.822 bits per heavy atom. The second-order valence-electron chi connectivity index (χ2n) is 23.8. The smallest absolute Gasteiger partial charge is 0.255 e. The number of unbranched alkanes of at least 4 members (excludes halogenated alkanes) is 8. The number of methoxy groups -OCH3 is 2. The number of hydrogen-bond donors (Lipinski definition) is 10. The van der Waals surface area contributed by atoms with Crippen molar-refractivity contribution in [2.24, 2.45) is 22.9 Å². The number of likely N-dealkylation sites (N-methyl/N-ethyl adjacent to an activating group) is 2. The zero-order valence-electron chi connectivity index (χ0n) is 54.5. The molecule has 24 nitrogen and oxygen atoms in total. The Morgan fingerprint density at radius 1 is 0.356 bits per heavy atom. The van der Waals surface area contributed by atoms with Crippen LogP contribution in [0.25, 0.3) is 0 Å². The highest BCUT2D eigenvalue weighted by Gasteiger charge is 2.32. The van der Waals surface area contributed by atoms with Gasteiger partial charge in [0.15, 0.2) is 0 Å². The van der Waals surface area contributed by atoms with Crippen molar-refractivity contribution in [3.63, 3.8) is 0 Å². The molecule has 0 aromatic heterocycles. The summed E-state index contributed by atoms with van der Waals surface area (Å²) in [7, 11) is 10.6. The van der Waals surface area contributed by atoms with Crippen LogP contribution < -0.4 is 83.3 Å². The van der Waals surface area contributed by atoms with Gasteiger partial charge < -0.3 is 93.1 Å². The molecule has 3 aromatic rings. The molecule has 0 aliphatic heterocycles. The summed E-state index contributed by atoms with van der Waals surface area (Å²) >= 11 is 0. The molecule has 24 heteroatoms. The lowest BCUT2D eigenvalue weighted by molar-refractivity contribution is 0.0882. The van der Waals surface area contributed by atoms with Crippen molar-refractivity contribution >= 4 is 35.4 Å². The van der Waals surface area contributed by atoms with Gasteiger partial charge in [0, 0.05) is 68.5 Å². The fourth-order valence-corrected chi connectivity index (χ4v) is 10.8. The van der Waals surface area contributed by atoms with E-state index < -0.39 is 23.6 Å². The predicted octanol–water partition coefficient (Wildman–Crippen LogP) is 5.26. The van der Waals surface area contributed by atoms with Crippen molar-refractivity contribution in [3.05, 3.63) is 69.8 Å². The highest BCUT2D eigenvalue weighted by Crippen LogP contribution is 2.35. The van der Waals surface area contributed by atoms with Crippen molar-refractivity contribution in [1.29, 1.82) is 0 Å². The third-order valence-corrected chi connectivity index (χ3v) is 16.1. The van der Waals surface area contributed by atoms with Crippen LogP contribution in [-0.4, -0.2) is 191 Å². The molecule has 0 saturated heterocycles. The van der Waals surface area contributed by atoms with Gasteiger partial charge in [-0.3, -0.25) is 28.8 Å². The first-order valence-electron chi connectivity index (χ1n) is 32.6. The van der Waals surface area contributed by atoms with Crippen molar-refractivity contribution in [1.82, 2.24) is 41.7 Å². The second-order valence-corrected chi connectivity index (χ2v) is 23.8. The minimum absolute atomic E-state index is 0.153. The number of rotatable bonds is 42. The summed E-state index contributed by atoms with van der Waals surface area (Å²) in [5, 5.41) is 18.5. The van der Waals surface area contributed by atoms with E-state index in [1.165, 1.54) is 26.4 Å². The number of hydrogen-bond acceptors (Lipinski definition) is 18. The largest absolute Gasteiger partial charge is 0.496 e. The molecule has 0 atom stereocenters. The molecule has 2 aliphatic rings. The first-order valence-corrected chi connectivity index (χ1v) is 32.6. The lowest BCUT2D eigenvalue weighted by atomic mass is 9.90. The summed E-state index contributed by atoms with van der Waals surface area (Å²) in [6, 6.07) is 8.43. The molecule has 502 valence electrons. The molecule has 90 heavy (non-hydrogen) atoms. The molecule has 0 heterocycles. The van der Waals surface area contributed by atoms with Gasteiger partial charge in [0.2, 0.25) is 0 Å². The van der Waals surface area contributed by atoms with Crippen LogP contribution in [-0.2, 0) is 0 Å². The topological polar surface area (TPSA) is 341 Å². The van der Waals surface area contributed by atoms with Gasteiger partial charge in [-0.25, -0.2) is 0 Å². The van der Waals surface area contributed by atoms with Crippen LogP contribution in [0.4, 0.5) is 0 Å². The summed E-state index contributed by atoms with van der Waals surface area (Å²) < 4.78 is 36.2. The molecular formula is C66H106N12O12. The van der Waals surface area contributed by atoms with E-state index in [-0.39, 0.29) is 80.9 Å². The van der Waals surface area contributed by atoms with Gasteiger partial charge in [0.25, 0.3) is 35.4 Å². The van der Waals surface area contributed by atoms with E-state index in [1.54, 1.807) is 24.3 Å². The Kier molecular flexibility index (Phi) is 33.4. The number of amides is 6. The average Bonchev–Trinajstić information content (AvgIpc) is 0.977. The normalized spacial score (nSPS) is 16.4. The minimum atomic E-state index is -0.434. The van der Waals surface area contributed by atoms with Gasteiger partial charge in [-0.05, 0) is 201 Å². The van der Waals surface area contributed by atoms with Crippen LogP contribution in [0.2, 0.25) is 0 Å². The second kappa shape index (κ2) is 40.7. The number of carbonyl (C=O) groups excluding carboxylic acids is 6. The van der Waals surface area contributed by atoms with Crippen LogP contribution in [0, 0.1) is 0 Å². The van der Waals surface area contributed by atoms with Crippen molar-refractivity contribution in [3.8, 4) is 34.5 Å². The molecule has 0 unspecified atom stereocenters. The molecule has 3 aromatic carbocycles. The summed E-state index contributed by atoms with van der Waals surface area (Å²) in [5.41, 5.74) is 24.1. The van der Waals surface area contributed by atoms with Crippen molar-refractivity contribution < 1.29 is 57.2 Å². The van der Waals surface area contributed by atoms with E-state index in [2.05, 4.69) is 31.9 Å². The van der Waals surface area contributed by atoms with E-state index in [0.717, 1.165) is 77.0 Å². The van der Waals surface area contributed by atoms with Crippen LogP contribution in [0.1, 0.15) is 191 Å². The Labute approximate surface area is 533 Å². The van der Waals surface area contributed by atoms with Crippen LogP contribution >= 0.6 is 0 Å². The van der Waals surface area contributed by atoms with E-state index in [0.29, 0.717) is 153 Å². The van der Waals surface area contributed by atoms with Crippen molar-refractivity contribution in [2.45, 2.75) is 153 Å². The molecule has 0 bridgehead atoms. The monoisotopic (exact) mass is 1260 g/mol. The number of nitrogens with zero attached hydrogens (tertiary/aromatic N) is 2. The summed E-state index contributed by atoms with van der Waals surface area (Å²) in [5.74, 6) is -0.651. The Balaban J connectivity index is 1.23. The Hall–Kier alpha value is -6.96. The molecule has 5 rings (SSSR count). The summed E-state index contributed by atoms with van der Waals surface area (Å²) in [6.45, 7) is 5.71. The number of benzene rings is 3. The molecule has 2 aliphatic carbocycles. The van der Waals surface area contributed by atoms with Gasteiger partial charge in [-0.1, -0.05) is 0 Å². The van der Waals surface area contributed by atoms with Crippen LogP contribution in [0.3, 0.4) is 0 Å². The Bertz CT molecular complexity index is 2540. The van der Waals surface area contributed by atoms with E-state index in [9.17, 15) is 28.8 Å². The lowest BCUT2D eigenvalue weighted by Crippen LogP contribution is -2.44. The quantitative estimate of drug-likeness (QED) is 0.0323. The number of carbonyl (C=O) groups is 6. The maximum Gasteiger partial charge on any atom is 0.255 e. The lowest BCUT2D eigenvalue weighted by Gasteiger charge is -2.30. The van der Waals surface area contributed by atoms with Crippen LogP contribution in [0.15, 0.2) is 36.4 Å². The average molecular weight is 1260 g/mol. The van der Waals surface area contributed by atoms with Gasteiger partial charge in [-0.2, -0.15) is 0 Å². The van der Waals surface area contributed by atoms with Crippen molar-refractivity contribution in [2.75, 3.05) is 121 Å².